The summed E-state index contributed by atoms with van der Waals surface area (Å²) in [5.41, 5.74) is 4.64. The summed E-state index contributed by atoms with van der Waals surface area (Å²) in [5.74, 6) is 1.25. The third-order valence-corrected chi connectivity index (χ3v) is 2.46. The number of hydrogen-bond acceptors (Lipinski definition) is 3. The standard InChI is InChI=1S/C13H12F3NO2/c14-13(15,16)9-2-1-3-10(6-9)18-8-12-5-4-11(7-17)19-12/h1-6H,7-8,17H2. The molecule has 0 radical (unpaired) electrons. The minimum absolute atomic E-state index is 0.0569. The molecule has 6 heteroatoms. The Kier molecular flexibility index (Phi) is 3.80. The molecule has 0 bridgehead atoms. The number of alkyl halides is 3. The predicted octanol–water partition coefficient (Wildman–Crippen LogP) is 3.34. The highest BCUT2D eigenvalue weighted by atomic mass is 19.4. The molecule has 0 aliphatic heterocycles. The summed E-state index contributed by atoms with van der Waals surface area (Å²) in [6.07, 6.45) is -4.38. The molecule has 3 nitrogen and oxygen atoms in total. The third kappa shape index (κ3) is 3.51. The van der Waals surface area contributed by atoms with Gasteiger partial charge in [0.2, 0.25) is 0 Å². The summed E-state index contributed by atoms with van der Waals surface area (Å²) in [6.45, 7) is 0.324. The Morgan fingerprint density at radius 3 is 2.47 bits per heavy atom. The number of nitrogens with two attached hydrogens (primary N) is 1. The average molecular weight is 271 g/mol. The van der Waals surface area contributed by atoms with Crippen LogP contribution in [0, 0.1) is 0 Å². The van der Waals surface area contributed by atoms with Crippen LogP contribution in [-0.4, -0.2) is 0 Å². The fraction of sp³-hybridized carbons (Fsp3) is 0.231. The molecule has 2 aromatic rings. The smallest absolute Gasteiger partial charge is 0.416 e. The van der Waals surface area contributed by atoms with Crippen molar-refractivity contribution in [1.82, 2.24) is 0 Å². The van der Waals surface area contributed by atoms with Crippen molar-refractivity contribution in [3.8, 4) is 5.75 Å². The summed E-state index contributed by atoms with van der Waals surface area (Å²) >= 11 is 0. The first-order valence-electron chi connectivity index (χ1n) is 5.57. The van der Waals surface area contributed by atoms with E-state index >= 15 is 0 Å². The average Bonchev–Trinajstić information content (AvgIpc) is 2.84. The lowest BCUT2D eigenvalue weighted by atomic mass is 10.2. The lowest BCUT2D eigenvalue weighted by Gasteiger charge is -2.09. The highest BCUT2D eigenvalue weighted by molar-refractivity contribution is 5.30. The van der Waals surface area contributed by atoms with Crippen molar-refractivity contribution in [2.45, 2.75) is 19.3 Å². The van der Waals surface area contributed by atoms with E-state index in [-0.39, 0.29) is 18.9 Å². The van der Waals surface area contributed by atoms with Gasteiger partial charge in [0.25, 0.3) is 0 Å². The third-order valence-electron chi connectivity index (χ3n) is 2.46. The number of rotatable bonds is 4. The number of ether oxygens (including phenoxy) is 1. The lowest BCUT2D eigenvalue weighted by molar-refractivity contribution is -0.137. The highest BCUT2D eigenvalue weighted by Gasteiger charge is 2.30. The van der Waals surface area contributed by atoms with Crippen molar-refractivity contribution < 1.29 is 22.3 Å². The molecule has 1 aromatic carbocycles. The summed E-state index contributed by atoms with van der Waals surface area (Å²) in [4.78, 5) is 0. The number of hydrogen-bond donors (Lipinski definition) is 1. The molecular weight excluding hydrogens is 259 g/mol. The molecule has 0 spiro atoms. The normalized spacial score (nSPS) is 11.6. The Bertz CT molecular complexity index is 549. The zero-order valence-electron chi connectivity index (χ0n) is 9.91. The van der Waals surface area contributed by atoms with E-state index in [2.05, 4.69) is 0 Å². The van der Waals surface area contributed by atoms with Gasteiger partial charge in [-0.1, -0.05) is 6.07 Å². The molecule has 0 fully saturated rings. The quantitative estimate of drug-likeness (QED) is 0.927. The van der Waals surface area contributed by atoms with Crippen LogP contribution >= 0.6 is 0 Å². The van der Waals surface area contributed by atoms with Gasteiger partial charge in [-0.25, -0.2) is 0 Å². The van der Waals surface area contributed by atoms with Gasteiger partial charge in [-0.3, -0.25) is 0 Å². The Labute approximate surface area is 107 Å². The Hall–Kier alpha value is -1.95. The van der Waals surface area contributed by atoms with Gasteiger partial charge in [-0.2, -0.15) is 13.2 Å². The number of benzene rings is 1. The summed E-state index contributed by atoms with van der Waals surface area (Å²) in [7, 11) is 0. The first kappa shape index (κ1) is 13.5. The van der Waals surface area contributed by atoms with Crippen molar-refractivity contribution in [1.29, 1.82) is 0 Å². The van der Waals surface area contributed by atoms with Crippen LogP contribution in [0.1, 0.15) is 17.1 Å². The van der Waals surface area contributed by atoms with Crippen molar-refractivity contribution in [3.05, 3.63) is 53.5 Å². The van der Waals surface area contributed by atoms with Crippen molar-refractivity contribution in [2.24, 2.45) is 5.73 Å². The maximum atomic E-state index is 12.5. The van der Waals surface area contributed by atoms with E-state index in [0.29, 0.717) is 11.5 Å². The second kappa shape index (κ2) is 5.36. The predicted molar refractivity (Wildman–Crippen MR) is 62.4 cm³/mol. The van der Waals surface area contributed by atoms with E-state index in [4.69, 9.17) is 14.9 Å². The number of furan rings is 1. The molecule has 0 saturated carbocycles. The zero-order chi connectivity index (χ0) is 13.9. The molecular formula is C13H12F3NO2. The second-order valence-electron chi connectivity index (χ2n) is 3.89. The van der Waals surface area contributed by atoms with Gasteiger partial charge in [0.15, 0.2) is 0 Å². The first-order chi connectivity index (χ1) is 8.99. The lowest BCUT2D eigenvalue weighted by Crippen LogP contribution is -2.05. The van der Waals surface area contributed by atoms with E-state index in [9.17, 15) is 13.2 Å². The fourth-order valence-corrected chi connectivity index (χ4v) is 1.53. The van der Waals surface area contributed by atoms with Gasteiger partial charge >= 0.3 is 6.18 Å². The maximum absolute atomic E-state index is 12.5. The van der Waals surface area contributed by atoms with Gasteiger partial charge in [0, 0.05) is 0 Å². The van der Waals surface area contributed by atoms with Gasteiger partial charge in [0.1, 0.15) is 23.9 Å². The van der Waals surface area contributed by atoms with Crippen molar-refractivity contribution >= 4 is 0 Å². The van der Waals surface area contributed by atoms with Crippen molar-refractivity contribution in [3.63, 3.8) is 0 Å². The maximum Gasteiger partial charge on any atom is 0.416 e. The molecule has 0 unspecified atom stereocenters. The van der Waals surface area contributed by atoms with E-state index in [1.807, 2.05) is 0 Å². The van der Waals surface area contributed by atoms with Gasteiger partial charge in [-0.15, -0.1) is 0 Å². The molecule has 0 atom stereocenters. The molecule has 0 saturated heterocycles. The van der Waals surface area contributed by atoms with Crippen LogP contribution in [0.5, 0.6) is 5.75 Å². The zero-order valence-corrected chi connectivity index (χ0v) is 9.91. The summed E-state index contributed by atoms with van der Waals surface area (Å²) < 4.78 is 48.0. The second-order valence-corrected chi connectivity index (χ2v) is 3.89. The first-order valence-corrected chi connectivity index (χ1v) is 5.57. The van der Waals surface area contributed by atoms with Crippen LogP contribution in [0.4, 0.5) is 13.2 Å². The van der Waals surface area contributed by atoms with Crippen LogP contribution in [0.2, 0.25) is 0 Å². The Morgan fingerprint density at radius 1 is 1.11 bits per heavy atom. The minimum atomic E-state index is -4.38. The molecule has 0 aliphatic rings. The van der Waals surface area contributed by atoms with Crippen LogP contribution in [0.25, 0.3) is 0 Å². The van der Waals surface area contributed by atoms with E-state index in [0.717, 1.165) is 12.1 Å². The fourth-order valence-electron chi connectivity index (χ4n) is 1.53. The molecule has 0 aliphatic carbocycles. The van der Waals surface area contributed by atoms with E-state index < -0.39 is 11.7 Å². The molecule has 102 valence electrons. The van der Waals surface area contributed by atoms with Gasteiger partial charge in [0.05, 0.1) is 12.1 Å². The number of halogens is 3. The Morgan fingerprint density at radius 2 is 1.84 bits per heavy atom. The molecule has 19 heavy (non-hydrogen) atoms. The Balaban J connectivity index is 2.03. The summed E-state index contributed by atoms with van der Waals surface area (Å²) in [5, 5.41) is 0. The monoisotopic (exact) mass is 271 g/mol. The minimum Gasteiger partial charge on any atom is -0.486 e. The van der Waals surface area contributed by atoms with Crippen LogP contribution < -0.4 is 10.5 Å². The molecule has 2 rings (SSSR count). The van der Waals surface area contributed by atoms with E-state index in [1.165, 1.54) is 12.1 Å². The SMILES string of the molecule is NCc1ccc(COc2cccc(C(F)(F)F)c2)o1. The van der Waals surface area contributed by atoms with Gasteiger partial charge < -0.3 is 14.9 Å². The largest absolute Gasteiger partial charge is 0.486 e. The molecule has 0 amide bonds. The molecule has 1 aromatic heterocycles. The van der Waals surface area contributed by atoms with Crippen LogP contribution in [-0.2, 0) is 19.3 Å². The van der Waals surface area contributed by atoms with Crippen LogP contribution in [0.15, 0.2) is 40.8 Å². The summed E-state index contributed by atoms with van der Waals surface area (Å²) in [6, 6.07) is 8.08. The molecule has 2 N–H and O–H groups in total. The van der Waals surface area contributed by atoms with E-state index in [1.54, 1.807) is 12.1 Å². The van der Waals surface area contributed by atoms with Gasteiger partial charge in [-0.05, 0) is 30.3 Å². The van der Waals surface area contributed by atoms with Crippen molar-refractivity contribution in [2.75, 3.05) is 0 Å². The van der Waals surface area contributed by atoms with Crippen LogP contribution in [0.3, 0.4) is 0 Å². The highest BCUT2D eigenvalue weighted by Crippen LogP contribution is 2.31. The molecule has 1 heterocycles. The topological polar surface area (TPSA) is 48.4 Å².